The van der Waals surface area contributed by atoms with Gasteiger partial charge in [-0.15, -0.1) is 0 Å². The fourth-order valence-electron chi connectivity index (χ4n) is 1.25. The van der Waals surface area contributed by atoms with Crippen molar-refractivity contribution >= 4 is 11.8 Å². The SMILES string of the molecule is CC1=CCC(=O)N(C(C)C)C1=O. The number of rotatable bonds is 1. The van der Waals surface area contributed by atoms with E-state index in [0.717, 1.165) is 0 Å². The summed E-state index contributed by atoms with van der Waals surface area (Å²) in [5.74, 6) is -0.248. The van der Waals surface area contributed by atoms with Gasteiger partial charge in [-0.3, -0.25) is 14.5 Å². The molecule has 1 aliphatic rings. The van der Waals surface area contributed by atoms with Gasteiger partial charge in [0.25, 0.3) is 5.91 Å². The highest BCUT2D eigenvalue weighted by molar-refractivity contribution is 6.07. The summed E-state index contributed by atoms with van der Waals surface area (Å²) in [4.78, 5) is 24.0. The summed E-state index contributed by atoms with van der Waals surface area (Å²) < 4.78 is 0. The molecular weight excluding hydrogens is 154 g/mol. The maximum absolute atomic E-state index is 11.4. The van der Waals surface area contributed by atoms with Crippen molar-refractivity contribution in [3.8, 4) is 0 Å². The van der Waals surface area contributed by atoms with E-state index < -0.39 is 0 Å². The maximum Gasteiger partial charge on any atom is 0.256 e. The Morgan fingerprint density at radius 1 is 1.42 bits per heavy atom. The molecule has 1 heterocycles. The summed E-state index contributed by atoms with van der Waals surface area (Å²) in [5, 5.41) is 0. The fraction of sp³-hybridized carbons (Fsp3) is 0.556. The average molecular weight is 167 g/mol. The van der Waals surface area contributed by atoms with E-state index >= 15 is 0 Å². The highest BCUT2D eigenvalue weighted by Gasteiger charge is 2.27. The molecule has 0 unspecified atom stereocenters. The Hall–Kier alpha value is -1.12. The molecule has 0 saturated heterocycles. The average Bonchev–Trinajstić information content (AvgIpc) is 1.97. The Kier molecular flexibility index (Phi) is 2.31. The van der Waals surface area contributed by atoms with E-state index in [9.17, 15) is 9.59 Å². The molecule has 0 atom stereocenters. The zero-order valence-electron chi connectivity index (χ0n) is 7.63. The van der Waals surface area contributed by atoms with Gasteiger partial charge in [0, 0.05) is 18.0 Å². The number of nitrogens with zero attached hydrogens (tertiary/aromatic N) is 1. The summed E-state index contributed by atoms with van der Waals surface area (Å²) in [6.07, 6.45) is 2.04. The Balaban J connectivity index is 2.93. The second-order valence-electron chi connectivity index (χ2n) is 3.25. The van der Waals surface area contributed by atoms with Gasteiger partial charge in [-0.2, -0.15) is 0 Å². The summed E-state index contributed by atoms with van der Waals surface area (Å²) in [6.45, 7) is 5.42. The van der Waals surface area contributed by atoms with Crippen LogP contribution in [0.5, 0.6) is 0 Å². The fourth-order valence-corrected chi connectivity index (χ4v) is 1.25. The Morgan fingerprint density at radius 2 is 2.00 bits per heavy atom. The third-order valence-electron chi connectivity index (χ3n) is 1.92. The molecule has 0 N–H and O–H groups in total. The number of imide groups is 1. The number of hydrogen-bond acceptors (Lipinski definition) is 2. The van der Waals surface area contributed by atoms with Crippen molar-refractivity contribution in [2.75, 3.05) is 0 Å². The molecule has 12 heavy (non-hydrogen) atoms. The monoisotopic (exact) mass is 167 g/mol. The third kappa shape index (κ3) is 1.40. The van der Waals surface area contributed by atoms with Crippen LogP contribution in [0.1, 0.15) is 27.2 Å². The van der Waals surface area contributed by atoms with Crippen LogP contribution in [0.3, 0.4) is 0 Å². The number of hydrogen-bond donors (Lipinski definition) is 0. The molecule has 0 aliphatic carbocycles. The van der Waals surface area contributed by atoms with Crippen molar-refractivity contribution in [2.45, 2.75) is 33.2 Å². The largest absolute Gasteiger partial charge is 0.276 e. The van der Waals surface area contributed by atoms with Crippen LogP contribution in [0.4, 0.5) is 0 Å². The van der Waals surface area contributed by atoms with Crippen LogP contribution in [-0.2, 0) is 9.59 Å². The van der Waals surface area contributed by atoms with E-state index in [2.05, 4.69) is 0 Å². The summed E-state index contributed by atoms with van der Waals surface area (Å²) in [5.41, 5.74) is 0.670. The first-order valence-corrected chi connectivity index (χ1v) is 4.07. The first-order chi connectivity index (χ1) is 5.54. The Morgan fingerprint density at radius 3 is 2.42 bits per heavy atom. The first-order valence-electron chi connectivity index (χ1n) is 4.07. The molecule has 66 valence electrons. The number of carbonyl (C=O) groups is 2. The summed E-state index contributed by atoms with van der Waals surface area (Å²) in [7, 11) is 0. The van der Waals surface area contributed by atoms with Gasteiger partial charge in [0.1, 0.15) is 0 Å². The van der Waals surface area contributed by atoms with Crippen molar-refractivity contribution in [1.29, 1.82) is 0 Å². The second kappa shape index (κ2) is 3.09. The van der Waals surface area contributed by atoms with E-state index in [4.69, 9.17) is 0 Å². The molecule has 0 aromatic rings. The highest BCUT2D eigenvalue weighted by Crippen LogP contribution is 2.14. The molecule has 3 nitrogen and oxygen atoms in total. The van der Waals surface area contributed by atoms with E-state index in [0.29, 0.717) is 12.0 Å². The predicted molar refractivity (Wildman–Crippen MR) is 45.4 cm³/mol. The molecule has 1 aliphatic heterocycles. The lowest BCUT2D eigenvalue weighted by Crippen LogP contribution is -2.44. The normalized spacial score (nSPS) is 18.7. The molecule has 0 fully saturated rings. The Bertz CT molecular complexity index is 253. The summed E-state index contributed by atoms with van der Waals surface area (Å²) in [6, 6.07) is -0.0337. The van der Waals surface area contributed by atoms with E-state index in [1.807, 2.05) is 13.8 Å². The summed E-state index contributed by atoms with van der Waals surface area (Å²) >= 11 is 0. The van der Waals surface area contributed by atoms with E-state index in [1.54, 1.807) is 13.0 Å². The zero-order chi connectivity index (χ0) is 9.30. The number of carbonyl (C=O) groups excluding carboxylic acids is 2. The van der Waals surface area contributed by atoms with E-state index in [1.165, 1.54) is 4.90 Å². The molecule has 1 rings (SSSR count). The molecule has 0 saturated carbocycles. The zero-order valence-corrected chi connectivity index (χ0v) is 7.63. The van der Waals surface area contributed by atoms with Gasteiger partial charge in [-0.05, 0) is 20.8 Å². The van der Waals surface area contributed by atoms with Gasteiger partial charge in [0.15, 0.2) is 0 Å². The van der Waals surface area contributed by atoms with Crippen LogP contribution >= 0.6 is 0 Å². The minimum absolute atomic E-state index is 0.0337. The lowest BCUT2D eigenvalue weighted by atomic mass is 10.1. The predicted octanol–water partition coefficient (Wildman–Crippen LogP) is 1.10. The smallest absolute Gasteiger partial charge is 0.256 e. The lowest BCUT2D eigenvalue weighted by molar-refractivity contribution is -0.144. The standard InChI is InChI=1S/C9H13NO2/c1-6(2)10-8(11)5-4-7(3)9(10)12/h4,6H,5H2,1-3H3. The molecule has 0 bridgehead atoms. The van der Waals surface area contributed by atoms with Crippen LogP contribution in [-0.4, -0.2) is 22.8 Å². The maximum atomic E-state index is 11.4. The second-order valence-corrected chi connectivity index (χ2v) is 3.25. The van der Waals surface area contributed by atoms with Crippen LogP contribution in [0, 0.1) is 0 Å². The van der Waals surface area contributed by atoms with Crippen molar-refractivity contribution in [2.24, 2.45) is 0 Å². The quantitative estimate of drug-likeness (QED) is 0.548. The van der Waals surface area contributed by atoms with Crippen molar-refractivity contribution in [3.63, 3.8) is 0 Å². The van der Waals surface area contributed by atoms with Gasteiger partial charge in [0.2, 0.25) is 5.91 Å². The van der Waals surface area contributed by atoms with Crippen molar-refractivity contribution < 1.29 is 9.59 Å². The number of amides is 2. The van der Waals surface area contributed by atoms with Crippen molar-refractivity contribution in [3.05, 3.63) is 11.6 Å². The topological polar surface area (TPSA) is 37.4 Å². The van der Waals surface area contributed by atoms with Gasteiger partial charge in [0.05, 0.1) is 0 Å². The molecule has 0 spiro atoms. The van der Waals surface area contributed by atoms with Crippen LogP contribution in [0.25, 0.3) is 0 Å². The van der Waals surface area contributed by atoms with Gasteiger partial charge in [-0.25, -0.2) is 0 Å². The Labute approximate surface area is 72.0 Å². The van der Waals surface area contributed by atoms with Crippen LogP contribution in [0.2, 0.25) is 0 Å². The van der Waals surface area contributed by atoms with Crippen LogP contribution < -0.4 is 0 Å². The van der Waals surface area contributed by atoms with E-state index in [-0.39, 0.29) is 17.9 Å². The molecule has 0 aromatic carbocycles. The molecule has 2 amide bonds. The molecule has 0 radical (unpaired) electrons. The molecule has 0 aromatic heterocycles. The molecular formula is C9H13NO2. The lowest BCUT2D eigenvalue weighted by Gasteiger charge is -2.27. The van der Waals surface area contributed by atoms with Crippen LogP contribution in [0.15, 0.2) is 11.6 Å². The minimum atomic E-state index is -0.152. The third-order valence-corrected chi connectivity index (χ3v) is 1.92. The minimum Gasteiger partial charge on any atom is -0.276 e. The van der Waals surface area contributed by atoms with Gasteiger partial charge >= 0.3 is 0 Å². The molecule has 3 heteroatoms. The first kappa shape index (κ1) is 8.97. The van der Waals surface area contributed by atoms with Crippen molar-refractivity contribution in [1.82, 2.24) is 4.90 Å². The highest BCUT2D eigenvalue weighted by atomic mass is 16.2. The van der Waals surface area contributed by atoms with Gasteiger partial charge < -0.3 is 0 Å². The van der Waals surface area contributed by atoms with Gasteiger partial charge in [-0.1, -0.05) is 6.08 Å².